The molecule has 1 fully saturated rings. The van der Waals surface area contributed by atoms with Crippen LogP contribution in [0.1, 0.15) is 48.2 Å². The zero-order chi connectivity index (χ0) is 14.8. The maximum Gasteiger partial charge on any atom is 0.0948 e. The lowest BCUT2D eigenvalue weighted by Gasteiger charge is -2.43. The van der Waals surface area contributed by atoms with E-state index in [1.807, 2.05) is 7.11 Å². The second-order valence-electron chi connectivity index (χ2n) is 6.12. The molecule has 4 nitrogen and oxygen atoms in total. The Morgan fingerprint density at radius 3 is 2.55 bits per heavy atom. The lowest BCUT2D eigenvalue weighted by Crippen LogP contribution is -2.57. The standard InChI is InChI=1S/C15H27N3OS/c1-10-5-7-15(19-4,8-6-10)13(18-16)9-14-17-11(2)12(3)20-14/h10,13,18H,5-9,16H2,1-4H3. The first-order valence-electron chi connectivity index (χ1n) is 7.45. The third-order valence-corrected chi connectivity index (χ3v) is 5.91. The van der Waals surface area contributed by atoms with Crippen LogP contribution in [0.5, 0.6) is 0 Å². The summed E-state index contributed by atoms with van der Waals surface area (Å²) in [5.41, 5.74) is 3.98. The van der Waals surface area contributed by atoms with Crippen molar-refractivity contribution in [2.75, 3.05) is 7.11 Å². The second kappa shape index (κ2) is 6.52. The van der Waals surface area contributed by atoms with Crippen LogP contribution >= 0.6 is 11.3 Å². The van der Waals surface area contributed by atoms with Crippen molar-refractivity contribution < 1.29 is 4.74 Å². The maximum atomic E-state index is 5.92. The van der Waals surface area contributed by atoms with Gasteiger partial charge < -0.3 is 4.74 Å². The van der Waals surface area contributed by atoms with Crippen LogP contribution in [0.2, 0.25) is 0 Å². The predicted octanol–water partition coefficient (Wildman–Crippen LogP) is 2.73. The fourth-order valence-electron chi connectivity index (χ4n) is 3.14. The molecule has 0 radical (unpaired) electrons. The normalized spacial score (nSPS) is 28.6. The van der Waals surface area contributed by atoms with Gasteiger partial charge in [-0.25, -0.2) is 4.98 Å². The summed E-state index contributed by atoms with van der Waals surface area (Å²) in [7, 11) is 1.82. The smallest absolute Gasteiger partial charge is 0.0948 e. The van der Waals surface area contributed by atoms with Gasteiger partial charge in [-0.2, -0.15) is 0 Å². The van der Waals surface area contributed by atoms with E-state index in [4.69, 9.17) is 10.6 Å². The van der Waals surface area contributed by atoms with E-state index >= 15 is 0 Å². The number of hydrogen-bond donors (Lipinski definition) is 2. The first-order chi connectivity index (χ1) is 9.50. The average Bonchev–Trinajstić information content (AvgIpc) is 2.76. The van der Waals surface area contributed by atoms with Crippen LogP contribution in [0, 0.1) is 19.8 Å². The van der Waals surface area contributed by atoms with Crippen LogP contribution in [0.25, 0.3) is 0 Å². The van der Waals surface area contributed by atoms with E-state index in [0.29, 0.717) is 0 Å². The van der Waals surface area contributed by atoms with Crippen molar-refractivity contribution in [2.24, 2.45) is 11.8 Å². The second-order valence-corrected chi connectivity index (χ2v) is 7.41. The molecule has 0 aliphatic heterocycles. The van der Waals surface area contributed by atoms with Gasteiger partial charge in [0.05, 0.1) is 22.3 Å². The number of nitrogens with zero attached hydrogens (tertiary/aromatic N) is 1. The molecule has 1 heterocycles. The third-order valence-electron chi connectivity index (χ3n) is 4.81. The van der Waals surface area contributed by atoms with Gasteiger partial charge in [0.15, 0.2) is 0 Å². The van der Waals surface area contributed by atoms with Crippen molar-refractivity contribution in [3.63, 3.8) is 0 Å². The van der Waals surface area contributed by atoms with Crippen LogP contribution in [0.15, 0.2) is 0 Å². The van der Waals surface area contributed by atoms with E-state index in [-0.39, 0.29) is 11.6 Å². The van der Waals surface area contributed by atoms with Gasteiger partial charge in [0.25, 0.3) is 0 Å². The highest BCUT2D eigenvalue weighted by atomic mass is 32.1. The highest BCUT2D eigenvalue weighted by molar-refractivity contribution is 7.11. The zero-order valence-electron chi connectivity index (χ0n) is 13.0. The fourth-order valence-corrected chi connectivity index (χ4v) is 4.12. The van der Waals surface area contributed by atoms with Crippen LogP contribution in [0.3, 0.4) is 0 Å². The molecule has 0 bridgehead atoms. The van der Waals surface area contributed by atoms with Crippen molar-refractivity contribution >= 4 is 11.3 Å². The summed E-state index contributed by atoms with van der Waals surface area (Å²) in [6, 6.07) is 0.130. The van der Waals surface area contributed by atoms with Crippen LogP contribution < -0.4 is 11.3 Å². The highest BCUT2D eigenvalue weighted by Gasteiger charge is 2.41. The van der Waals surface area contributed by atoms with E-state index < -0.39 is 0 Å². The van der Waals surface area contributed by atoms with Gasteiger partial charge in [-0.15, -0.1) is 11.3 Å². The lowest BCUT2D eigenvalue weighted by molar-refractivity contribution is -0.0746. The van der Waals surface area contributed by atoms with Crippen LogP contribution in [-0.4, -0.2) is 23.7 Å². The summed E-state index contributed by atoms with van der Waals surface area (Å²) < 4.78 is 5.92. The fraction of sp³-hybridized carbons (Fsp3) is 0.800. The Hall–Kier alpha value is -0.490. The molecule has 0 aromatic carbocycles. The Bertz CT molecular complexity index is 419. The minimum Gasteiger partial charge on any atom is -0.377 e. The Balaban J connectivity index is 2.13. The van der Waals surface area contributed by atoms with Gasteiger partial charge in [0, 0.05) is 18.4 Å². The van der Waals surface area contributed by atoms with Crippen LogP contribution in [-0.2, 0) is 11.2 Å². The first kappa shape index (κ1) is 15.9. The Kier molecular flexibility index (Phi) is 5.18. The SMILES string of the molecule is COC1(C(Cc2nc(C)c(C)s2)NN)CCC(C)CC1. The molecule has 2 rings (SSSR count). The van der Waals surface area contributed by atoms with E-state index in [1.54, 1.807) is 11.3 Å². The number of ether oxygens (including phenoxy) is 1. The number of aromatic nitrogens is 1. The van der Waals surface area contributed by atoms with Gasteiger partial charge in [-0.1, -0.05) is 6.92 Å². The van der Waals surface area contributed by atoms with Crippen molar-refractivity contribution in [3.8, 4) is 0 Å². The lowest BCUT2D eigenvalue weighted by atomic mass is 9.74. The molecule has 114 valence electrons. The van der Waals surface area contributed by atoms with Crippen molar-refractivity contribution in [1.29, 1.82) is 0 Å². The Labute approximate surface area is 126 Å². The monoisotopic (exact) mass is 297 g/mol. The number of nitrogens with two attached hydrogens (primary N) is 1. The zero-order valence-corrected chi connectivity index (χ0v) is 13.8. The molecule has 5 heteroatoms. The minimum absolute atomic E-state index is 0.130. The summed E-state index contributed by atoms with van der Waals surface area (Å²) in [5.74, 6) is 6.63. The largest absolute Gasteiger partial charge is 0.377 e. The molecule has 1 aromatic rings. The van der Waals surface area contributed by atoms with Crippen molar-refractivity contribution in [2.45, 2.75) is 64.5 Å². The molecule has 0 spiro atoms. The van der Waals surface area contributed by atoms with Gasteiger partial charge in [0.1, 0.15) is 0 Å². The Morgan fingerprint density at radius 2 is 2.10 bits per heavy atom. The molecule has 1 unspecified atom stereocenters. The molecular formula is C15H27N3OS. The molecule has 3 N–H and O–H groups in total. The van der Waals surface area contributed by atoms with E-state index in [0.717, 1.165) is 35.9 Å². The number of hydrazine groups is 1. The highest BCUT2D eigenvalue weighted by Crippen LogP contribution is 2.38. The first-order valence-corrected chi connectivity index (χ1v) is 8.26. The average molecular weight is 297 g/mol. The number of thiazole rings is 1. The molecule has 0 amide bonds. The van der Waals surface area contributed by atoms with Crippen molar-refractivity contribution in [3.05, 3.63) is 15.6 Å². The van der Waals surface area contributed by atoms with Gasteiger partial charge in [-0.3, -0.25) is 11.3 Å². The van der Waals surface area contributed by atoms with Gasteiger partial charge >= 0.3 is 0 Å². The summed E-state index contributed by atoms with van der Waals surface area (Å²) in [4.78, 5) is 5.93. The molecule has 1 atom stereocenters. The number of rotatable bonds is 5. The quantitative estimate of drug-likeness (QED) is 0.648. The molecule has 1 aliphatic carbocycles. The molecule has 20 heavy (non-hydrogen) atoms. The topological polar surface area (TPSA) is 60.2 Å². The number of methoxy groups -OCH3 is 1. The van der Waals surface area contributed by atoms with Crippen molar-refractivity contribution in [1.82, 2.24) is 10.4 Å². The summed E-state index contributed by atoms with van der Waals surface area (Å²) in [5, 5.41) is 1.15. The summed E-state index contributed by atoms with van der Waals surface area (Å²) in [6.07, 6.45) is 5.41. The van der Waals surface area contributed by atoms with Gasteiger partial charge in [0.2, 0.25) is 0 Å². The molecule has 1 aliphatic rings. The molecule has 0 saturated heterocycles. The number of aryl methyl sites for hydroxylation is 2. The summed E-state index contributed by atoms with van der Waals surface area (Å²) in [6.45, 7) is 6.50. The maximum absolute atomic E-state index is 5.92. The molecule has 1 aromatic heterocycles. The van der Waals surface area contributed by atoms with Crippen LogP contribution in [0.4, 0.5) is 0 Å². The van der Waals surface area contributed by atoms with Gasteiger partial charge in [-0.05, 0) is 45.4 Å². The van der Waals surface area contributed by atoms with E-state index in [1.165, 1.54) is 17.7 Å². The molecular weight excluding hydrogens is 270 g/mol. The van der Waals surface area contributed by atoms with E-state index in [2.05, 4.69) is 31.2 Å². The minimum atomic E-state index is -0.144. The number of hydrogen-bond acceptors (Lipinski definition) is 5. The third kappa shape index (κ3) is 3.22. The van der Waals surface area contributed by atoms with E-state index in [9.17, 15) is 0 Å². The predicted molar refractivity (Wildman–Crippen MR) is 83.8 cm³/mol. The number of nitrogens with one attached hydrogen (secondary N) is 1. The Morgan fingerprint density at radius 1 is 1.45 bits per heavy atom. The molecule has 1 saturated carbocycles. The summed E-state index contributed by atoms with van der Waals surface area (Å²) >= 11 is 1.77.